The molecule has 0 bridgehead atoms. The second-order valence-corrected chi connectivity index (χ2v) is 5.80. The number of hydrogen-bond acceptors (Lipinski definition) is 3. The molecule has 1 unspecified atom stereocenters. The average molecular weight is 328 g/mol. The maximum absolute atomic E-state index is 11.9. The molecule has 1 atom stereocenters. The van der Waals surface area contributed by atoms with Crippen molar-refractivity contribution in [2.75, 3.05) is 13.7 Å². The van der Waals surface area contributed by atoms with E-state index in [0.717, 1.165) is 17.3 Å². The SMILES string of the molecule is CC(O)c1ccc(Br)cc1OCC(=O)N(C)C1CC1. The maximum Gasteiger partial charge on any atom is 0.260 e. The molecule has 0 aromatic heterocycles. The summed E-state index contributed by atoms with van der Waals surface area (Å²) in [6, 6.07) is 5.79. The zero-order valence-electron chi connectivity index (χ0n) is 11.1. The highest BCUT2D eigenvalue weighted by Crippen LogP contribution is 2.29. The van der Waals surface area contributed by atoms with Gasteiger partial charge in [0.1, 0.15) is 5.75 Å². The van der Waals surface area contributed by atoms with Crippen molar-refractivity contribution in [1.82, 2.24) is 4.90 Å². The lowest BCUT2D eigenvalue weighted by Gasteiger charge is -2.18. The predicted molar refractivity (Wildman–Crippen MR) is 76.1 cm³/mol. The Morgan fingerprint density at radius 1 is 1.58 bits per heavy atom. The number of carbonyl (C=O) groups is 1. The number of aliphatic hydroxyl groups is 1. The maximum atomic E-state index is 11.9. The molecule has 0 heterocycles. The van der Waals surface area contributed by atoms with Crippen LogP contribution in [0.4, 0.5) is 0 Å². The van der Waals surface area contributed by atoms with Crippen molar-refractivity contribution in [2.45, 2.75) is 31.9 Å². The summed E-state index contributed by atoms with van der Waals surface area (Å²) >= 11 is 3.36. The first-order chi connectivity index (χ1) is 8.99. The Bertz CT molecular complexity index is 472. The topological polar surface area (TPSA) is 49.8 Å². The van der Waals surface area contributed by atoms with E-state index in [0.29, 0.717) is 17.4 Å². The number of ether oxygens (including phenoxy) is 1. The molecule has 1 saturated carbocycles. The van der Waals surface area contributed by atoms with Crippen LogP contribution in [-0.2, 0) is 4.79 Å². The normalized spacial score (nSPS) is 16.0. The van der Waals surface area contributed by atoms with Gasteiger partial charge in [0, 0.05) is 23.1 Å². The third kappa shape index (κ3) is 3.70. The molecule has 0 aliphatic heterocycles. The van der Waals surface area contributed by atoms with Crippen LogP contribution in [0.25, 0.3) is 0 Å². The van der Waals surface area contributed by atoms with Crippen LogP contribution in [0.3, 0.4) is 0 Å². The van der Waals surface area contributed by atoms with Gasteiger partial charge < -0.3 is 14.7 Å². The Kier molecular flexibility index (Phi) is 4.47. The van der Waals surface area contributed by atoms with Crippen molar-refractivity contribution in [3.05, 3.63) is 28.2 Å². The first-order valence-electron chi connectivity index (χ1n) is 6.35. The number of carbonyl (C=O) groups excluding carboxylic acids is 1. The Hall–Kier alpha value is -1.07. The number of halogens is 1. The summed E-state index contributed by atoms with van der Waals surface area (Å²) in [5.41, 5.74) is 0.685. The van der Waals surface area contributed by atoms with E-state index in [1.54, 1.807) is 31.0 Å². The minimum Gasteiger partial charge on any atom is -0.483 e. The summed E-state index contributed by atoms with van der Waals surface area (Å²) in [6.45, 7) is 1.68. The number of aliphatic hydroxyl groups excluding tert-OH is 1. The number of hydrogen-bond donors (Lipinski definition) is 1. The number of likely N-dealkylation sites (N-methyl/N-ethyl adjacent to an activating group) is 1. The van der Waals surface area contributed by atoms with E-state index in [2.05, 4.69) is 15.9 Å². The second-order valence-electron chi connectivity index (χ2n) is 4.88. The van der Waals surface area contributed by atoms with Gasteiger partial charge in [0.25, 0.3) is 5.91 Å². The third-order valence-corrected chi connectivity index (χ3v) is 3.76. The first kappa shape index (κ1) is 14.3. The molecule has 1 aromatic carbocycles. The number of benzene rings is 1. The molecular weight excluding hydrogens is 310 g/mol. The molecule has 2 rings (SSSR count). The Morgan fingerprint density at radius 3 is 2.84 bits per heavy atom. The fourth-order valence-electron chi connectivity index (χ4n) is 1.89. The Morgan fingerprint density at radius 2 is 2.26 bits per heavy atom. The van der Waals surface area contributed by atoms with Gasteiger partial charge in [0.15, 0.2) is 6.61 Å². The van der Waals surface area contributed by atoms with Crippen LogP contribution in [0.1, 0.15) is 31.4 Å². The monoisotopic (exact) mass is 327 g/mol. The van der Waals surface area contributed by atoms with Crippen LogP contribution in [0.15, 0.2) is 22.7 Å². The van der Waals surface area contributed by atoms with E-state index in [9.17, 15) is 9.90 Å². The molecule has 1 aliphatic carbocycles. The largest absolute Gasteiger partial charge is 0.483 e. The van der Waals surface area contributed by atoms with Crippen LogP contribution in [-0.4, -0.2) is 35.6 Å². The zero-order chi connectivity index (χ0) is 14.0. The first-order valence-corrected chi connectivity index (χ1v) is 7.14. The van der Waals surface area contributed by atoms with E-state index in [1.807, 2.05) is 6.07 Å². The predicted octanol–water partition coefficient (Wildman–Crippen LogP) is 2.50. The van der Waals surface area contributed by atoms with Crippen LogP contribution in [0, 0.1) is 0 Å². The molecule has 0 radical (unpaired) electrons. The van der Waals surface area contributed by atoms with Crippen molar-refractivity contribution >= 4 is 21.8 Å². The highest BCUT2D eigenvalue weighted by atomic mass is 79.9. The second kappa shape index (κ2) is 5.92. The highest BCUT2D eigenvalue weighted by Gasteiger charge is 2.29. The minimum atomic E-state index is -0.626. The lowest BCUT2D eigenvalue weighted by Crippen LogP contribution is -2.33. The fourth-order valence-corrected chi connectivity index (χ4v) is 2.23. The van der Waals surface area contributed by atoms with E-state index in [1.165, 1.54) is 0 Å². The summed E-state index contributed by atoms with van der Waals surface area (Å²) < 4.78 is 6.42. The van der Waals surface area contributed by atoms with Crippen molar-refractivity contribution in [2.24, 2.45) is 0 Å². The van der Waals surface area contributed by atoms with Gasteiger partial charge in [-0.05, 0) is 31.9 Å². The molecule has 5 heteroatoms. The highest BCUT2D eigenvalue weighted by molar-refractivity contribution is 9.10. The van der Waals surface area contributed by atoms with Gasteiger partial charge in [-0.15, -0.1) is 0 Å². The van der Waals surface area contributed by atoms with Gasteiger partial charge in [-0.25, -0.2) is 0 Å². The van der Waals surface area contributed by atoms with Crippen molar-refractivity contribution in [1.29, 1.82) is 0 Å². The van der Waals surface area contributed by atoms with Gasteiger partial charge in [-0.1, -0.05) is 22.0 Å². The Balaban J connectivity index is 2.01. The molecular formula is C14H18BrNO3. The molecule has 1 aromatic rings. The molecule has 4 nitrogen and oxygen atoms in total. The number of amides is 1. The van der Waals surface area contributed by atoms with E-state index >= 15 is 0 Å². The van der Waals surface area contributed by atoms with Gasteiger partial charge in [-0.2, -0.15) is 0 Å². The summed E-state index contributed by atoms with van der Waals surface area (Å²) in [6.07, 6.45) is 1.54. The molecule has 1 amide bonds. The molecule has 104 valence electrons. The fraction of sp³-hybridized carbons (Fsp3) is 0.500. The van der Waals surface area contributed by atoms with E-state index in [4.69, 9.17) is 4.74 Å². The van der Waals surface area contributed by atoms with Crippen molar-refractivity contribution < 1.29 is 14.6 Å². The average Bonchev–Trinajstić information content (AvgIpc) is 3.18. The van der Waals surface area contributed by atoms with Crippen LogP contribution in [0.5, 0.6) is 5.75 Å². The smallest absolute Gasteiger partial charge is 0.260 e. The van der Waals surface area contributed by atoms with Gasteiger partial charge in [-0.3, -0.25) is 4.79 Å². The zero-order valence-corrected chi connectivity index (χ0v) is 12.7. The third-order valence-electron chi connectivity index (χ3n) is 3.26. The Labute approximate surface area is 121 Å². The quantitative estimate of drug-likeness (QED) is 0.903. The number of rotatable bonds is 5. The van der Waals surface area contributed by atoms with E-state index < -0.39 is 6.10 Å². The summed E-state index contributed by atoms with van der Waals surface area (Å²) in [7, 11) is 1.81. The van der Waals surface area contributed by atoms with Gasteiger partial charge >= 0.3 is 0 Å². The molecule has 0 saturated heterocycles. The molecule has 1 fully saturated rings. The van der Waals surface area contributed by atoms with Crippen LogP contribution < -0.4 is 4.74 Å². The van der Waals surface area contributed by atoms with Crippen LogP contribution in [0.2, 0.25) is 0 Å². The van der Waals surface area contributed by atoms with Crippen molar-refractivity contribution in [3.8, 4) is 5.75 Å². The lowest BCUT2D eigenvalue weighted by molar-refractivity contribution is -0.132. The summed E-state index contributed by atoms with van der Waals surface area (Å²) in [5.74, 6) is 0.515. The molecule has 1 aliphatic rings. The van der Waals surface area contributed by atoms with Gasteiger partial charge in [0.2, 0.25) is 0 Å². The molecule has 0 spiro atoms. The molecule has 1 N–H and O–H groups in total. The number of nitrogens with zero attached hydrogens (tertiary/aromatic N) is 1. The molecule has 19 heavy (non-hydrogen) atoms. The summed E-state index contributed by atoms with van der Waals surface area (Å²) in [4.78, 5) is 13.6. The lowest BCUT2D eigenvalue weighted by atomic mass is 10.1. The van der Waals surface area contributed by atoms with Crippen molar-refractivity contribution in [3.63, 3.8) is 0 Å². The summed E-state index contributed by atoms with van der Waals surface area (Å²) in [5, 5.41) is 9.68. The van der Waals surface area contributed by atoms with Crippen LogP contribution >= 0.6 is 15.9 Å². The van der Waals surface area contributed by atoms with E-state index in [-0.39, 0.29) is 12.5 Å². The van der Waals surface area contributed by atoms with Gasteiger partial charge in [0.05, 0.1) is 6.10 Å². The standard InChI is InChI=1S/C14H18BrNO3/c1-9(17)12-6-3-10(15)7-13(12)19-8-14(18)16(2)11-4-5-11/h3,6-7,9,11,17H,4-5,8H2,1-2H3. The minimum absolute atomic E-state index is 0.00315.